The Balaban J connectivity index is 2.04. The molecular weight excluding hydrogens is 238 g/mol. The summed E-state index contributed by atoms with van der Waals surface area (Å²) in [6, 6.07) is 2.31. The maximum absolute atomic E-state index is 10.3. The minimum Gasteiger partial charge on any atom is -0.498 e. The van der Waals surface area contributed by atoms with Gasteiger partial charge in [-0.3, -0.25) is 0 Å². The van der Waals surface area contributed by atoms with Crippen molar-refractivity contribution in [2.24, 2.45) is 0 Å². The number of hydrogen-bond acceptors (Lipinski definition) is 5. The SMILES string of the molecule is C=CCCO[C@@H]1[C@H]2OC(C)(C)O[C@H]2O[C@@H]1C#[N+][O-]. The molecule has 0 N–H and O–H groups in total. The van der Waals surface area contributed by atoms with Crippen molar-refractivity contribution >= 4 is 0 Å². The van der Waals surface area contributed by atoms with Gasteiger partial charge < -0.3 is 24.2 Å². The molecule has 6 heteroatoms. The predicted molar refractivity (Wildman–Crippen MR) is 63.9 cm³/mol. The molecule has 0 aliphatic carbocycles. The Morgan fingerprint density at radius 3 is 2.94 bits per heavy atom. The van der Waals surface area contributed by atoms with E-state index in [1.807, 2.05) is 0 Å². The number of fused-ring (bicyclic) bond motifs is 1. The fraction of sp³-hybridized carbons (Fsp3) is 0.750. The minimum absolute atomic E-state index is 0.371. The molecule has 0 radical (unpaired) electrons. The van der Waals surface area contributed by atoms with Gasteiger partial charge in [-0.15, -0.1) is 6.58 Å². The van der Waals surface area contributed by atoms with Crippen LogP contribution in [-0.2, 0) is 18.9 Å². The van der Waals surface area contributed by atoms with Crippen molar-refractivity contribution in [3.63, 3.8) is 0 Å². The van der Waals surface area contributed by atoms with E-state index in [4.69, 9.17) is 18.9 Å². The fourth-order valence-electron chi connectivity index (χ4n) is 2.10. The van der Waals surface area contributed by atoms with Crippen LogP contribution in [0.5, 0.6) is 0 Å². The average Bonchev–Trinajstić information content (AvgIpc) is 2.73. The predicted octanol–water partition coefficient (Wildman–Crippen LogP) is 1.65. The summed E-state index contributed by atoms with van der Waals surface area (Å²) in [4.78, 5) is 0. The highest BCUT2D eigenvalue weighted by Gasteiger charge is 2.56. The molecule has 0 aromatic heterocycles. The largest absolute Gasteiger partial charge is 0.498 e. The first kappa shape index (κ1) is 13.3. The van der Waals surface area contributed by atoms with Crippen molar-refractivity contribution in [1.82, 2.24) is 0 Å². The van der Waals surface area contributed by atoms with Crippen LogP contribution in [0.3, 0.4) is 0 Å². The van der Waals surface area contributed by atoms with Gasteiger partial charge in [-0.2, -0.15) is 0 Å². The van der Waals surface area contributed by atoms with E-state index in [2.05, 4.69) is 17.7 Å². The zero-order chi connectivity index (χ0) is 13.2. The first-order valence-electron chi connectivity index (χ1n) is 5.89. The highest BCUT2D eigenvalue weighted by Crippen LogP contribution is 2.38. The first-order chi connectivity index (χ1) is 8.57. The third-order valence-corrected chi connectivity index (χ3v) is 2.80. The standard InChI is InChI=1S/C12H17NO5/c1-4-5-6-15-9-8(7-13-14)16-11-10(9)17-12(2,3)18-11/h4,8-11H,1,5-6H2,2-3H3/t8-,9+,10-,11-/m1/s1. The van der Waals surface area contributed by atoms with Gasteiger partial charge in [0.15, 0.2) is 12.1 Å². The van der Waals surface area contributed by atoms with E-state index in [-0.39, 0.29) is 6.10 Å². The summed E-state index contributed by atoms with van der Waals surface area (Å²) in [7, 11) is 0. The summed E-state index contributed by atoms with van der Waals surface area (Å²) in [5, 5.41) is 12.9. The van der Waals surface area contributed by atoms with Gasteiger partial charge in [-0.25, -0.2) is 0 Å². The molecule has 2 fully saturated rings. The molecule has 0 aromatic rings. The van der Waals surface area contributed by atoms with Crippen molar-refractivity contribution in [3.05, 3.63) is 22.9 Å². The fourth-order valence-corrected chi connectivity index (χ4v) is 2.10. The second-order valence-corrected chi connectivity index (χ2v) is 4.66. The molecule has 100 valence electrons. The quantitative estimate of drug-likeness (QED) is 0.434. The Labute approximate surface area is 106 Å². The lowest BCUT2D eigenvalue weighted by Gasteiger charge is -2.22. The Kier molecular flexibility index (Phi) is 3.88. The molecule has 0 unspecified atom stereocenters. The van der Waals surface area contributed by atoms with Crippen LogP contribution in [0.1, 0.15) is 20.3 Å². The van der Waals surface area contributed by atoms with Gasteiger partial charge in [0.25, 0.3) is 0 Å². The summed E-state index contributed by atoms with van der Waals surface area (Å²) in [5.41, 5.74) is 0. The molecule has 18 heavy (non-hydrogen) atoms. The van der Waals surface area contributed by atoms with Crippen LogP contribution >= 0.6 is 0 Å². The van der Waals surface area contributed by atoms with Crippen LogP contribution in [0.15, 0.2) is 12.7 Å². The van der Waals surface area contributed by atoms with Crippen molar-refractivity contribution in [2.75, 3.05) is 6.61 Å². The van der Waals surface area contributed by atoms with Gasteiger partial charge in [-0.1, -0.05) is 6.08 Å². The minimum atomic E-state index is -0.713. The lowest BCUT2D eigenvalue weighted by atomic mass is 10.1. The van der Waals surface area contributed by atoms with E-state index in [1.54, 1.807) is 19.9 Å². The zero-order valence-corrected chi connectivity index (χ0v) is 10.5. The van der Waals surface area contributed by atoms with E-state index in [9.17, 15) is 5.21 Å². The maximum atomic E-state index is 10.3. The van der Waals surface area contributed by atoms with Gasteiger partial charge in [0.2, 0.25) is 6.10 Å². The molecule has 2 aliphatic rings. The molecule has 0 bridgehead atoms. The van der Waals surface area contributed by atoms with Gasteiger partial charge in [0, 0.05) is 5.01 Å². The Bertz CT molecular complexity index is 372. The number of ether oxygens (including phenoxy) is 4. The molecule has 2 aliphatic heterocycles. The average molecular weight is 255 g/mol. The van der Waals surface area contributed by atoms with E-state index in [0.29, 0.717) is 13.0 Å². The van der Waals surface area contributed by atoms with Crippen molar-refractivity contribution in [3.8, 4) is 6.07 Å². The van der Waals surface area contributed by atoms with Gasteiger partial charge in [-0.05, 0) is 20.3 Å². The van der Waals surface area contributed by atoms with Crippen LogP contribution in [0.4, 0.5) is 0 Å². The lowest BCUT2D eigenvalue weighted by molar-refractivity contribution is -0.211. The van der Waals surface area contributed by atoms with Crippen molar-refractivity contribution < 1.29 is 18.9 Å². The van der Waals surface area contributed by atoms with Crippen LogP contribution in [-0.4, -0.2) is 37.0 Å². The summed E-state index contributed by atoms with van der Waals surface area (Å²) < 4.78 is 22.4. The van der Waals surface area contributed by atoms with E-state index in [0.717, 1.165) is 0 Å². The molecule has 4 atom stereocenters. The number of nitrogens with zero attached hydrogens (tertiary/aromatic N) is 1. The Morgan fingerprint density at radius 2 is 2.28 bits per heavy atom. The second kappa shape index (κ2) is 5.24. The van der Waals surface area contributed by atoms with E-state index >= 15 is 0 Å². The number of hydrogen-bond donors (Lipinski definition) is 0. The monoisotopic (exact) mass is 255 g/mol. The van der Waals surface area contributed by atoms with Gasteiger partial charge in [0.05, 0.1) is 6.61 Å². The molecule has 6 nitrogen and oxygen atoms in total. The third kappa shape index (κ3) is 2.65. The molecule has 2 rings (SSSR count). The topological polar surface area (TPSA) is 64.3 Å². The molecule has 2 saturated heterocycles. The smallest absolute Gasteiger partial charge is 0.333 e. The summed E-state index contributed by atoms with van der Waals surface area (Å²) in [6.45, 7) is 7.70. The molecule has 0 saturated carbocycles. The normalized spacial score (nSPS) is 36.8. The second-order valence-electron chi connectivity index (χ2n) is 4.66. The first-order valence-corrected chi connectivity index (χ1v) is 5.89. The summed E-state index contributed by atoms with van der Waals surface area (Å²) >= 11 is 0. The Morgan fingerprint density at radius 1 is 1.50 bits per heavy atom. The maximum Gasteiger partial charge on any atom is 0.333 e. The lowest BCUT2D eigenvalue weighted by Crippen LogP contribution is -2.36. The Hall–Kier alpha value is -1.13. The third-order valence-electron chi connectivity index (χ3n) is 2.80. The van der Waals surface area contributed by atoms with Gasteiger partial charge >= 0.3 is 6.07 Å². The van der Waals surface area contributed by atoms with Crippen LogP contribution in [0.2, 0.25) is 0 Å². The van der Waals surface area contributed by atoms with Gasteiger partial charge in [0.1, 0.15) is 12.2 Å². The molecule has 0 spiro atoms. The van der Waals surface area contributed by atoms with Crippen molar-refractivity contribution in [2.45, 2.75) is 50.7 Å². The summed E-state index contributed by atoms with van der Waals surface area (Å²) in [5.74, 6) is -0.713. The molecular formula is C12H17NO5. The molecule has 0 aromatic carbocycles. The van der Waals surface area contributed by atoms with E-state index < -0.39 is 24.3 Å². The molecule has 2 heterocycles. The molecule has 0 amide bonds. The highest BCUT2D eigenvalue weighted by molar-refractivity contribution is 5.08. The van der Waals surface area contributed by atoms with Crippen molar-refractivity contribution in [1.29, 1.82) is 0 Å². The highest BCUT2D eigenvalue weighted by atomic mass is 16.8. The van der Waals surface area contributed by atoms with Crippen LogP contribution in [0.25, 0.3) is 5.01 Å². The number of rotatable bonds is 4. The van der Waals surface area contributed by atoms with Crippen LogP contribution in [0, 0.1) is 11.3 Å². The van der Waals surface area contributed by atoms with Crippen LogP contribution < -0.4 is 0 Å². The van der Waals surface area contributed by atoms with E-state index in [1.165, 1.54) is 0 Å². The summed E-state index contributed by atoms with van der Waals surface area (Å²) in [6.07, 6.45) is 0.452. The zero-order valence-electron chi connectivity index (χ0n) is 10.5.